The molecule has 0 spiro atoms. The van der Waals surface area contributed by atoms with Crippen LogP contribution in [-0.2, 0) is 35.1 Å². The molecule has 3 fully saturated rings. The number of H-pyrrole nitrogens is 1. The number of piperidine rings is 3. The van der Waals surface area contributed by atoms with Crippen molar-refractivity contribution in [2.75, 3.05) is 60.6 Å². The van der Waals surface area contributed by atoms with E-state index in [0.717, 1.165) is 117 Å². The predicted octanol–water partition coefficient (Wildman–Crippen LogP) is 9.42. The lowest BCUT2D eigenvalue weighted by molar-refractivity contribution is -0.148. The first-order valence-corrected chi connectivity index (χ1v) is 32.7. The summed E-state index contributed by atoms with van der Waals surface area (Å²) in [6.45, 7) is 19.0. The van der Waals surface area contributed by atoms with Crippen LogP contribution in [-0.4, -0.2) is 134 Å². The highest BCUT2D eigenvalue weighted by molar-refractivity contribution is 5.96. The summed E-state index contributed by atoms with van der Waals surface area (Å²) >= 11 is 0. The fraction of sp³-hybridized carbons (Fsp3) is 0.419. The standard InChI is InChI=1S/C27H36N4O3.C26H33N3O3.C21H28N4O3/c1-18(25(27(33)34-3)15-21-7-5-13-31(17-21)19(2)29)30-26(32)23-11-9-22(10-12-23)24-8-4-6-20(14-24)16-28;1-18(24(26(31)32-3)16-20-8-7-15-29(17-20)19(2)27)28-25(30)23-13-11-22(12-14-23)21-9-5-4-6-10-21;1-14(18(21(27)28-2)10-15-4-3-9-22-11-15)25-20(26)17-7-5-16(6-8-17)19-12-23-13-24-19/h4,6,8-12,14,18,21,25H,2,5,7,13,15-17,28-29H2,1,3H3,(H,30,32);4-6,9-14,18,20,24H,2,7-8,15-17,27H2,1,3H3,(H,28,30);5-8,12-15,18,22H,3-4,9-11H2,1-2H3,(H,23,24)(H,25,26)/t18-,21?,25-;18-,20?,24-;14-,15?,18-/m111/s1. The van der Waals surface area contributed by atoms with E-state index in [2.05, 4.69) is 54.2 Å². The lowest BCUT2D eigenvalue weighted by Crippen LogP contribution is -2.44. The minimum Gasteiger partial charge on any atom is -0.469 e. The SMILES string of the molecule is C=C(N)N1CCCC(C[C@@H](C(=O)OC)[C@@H](C)NC(=O)c2ccc(-c3cccc(CN)c3)cc2)C1.C=C(N)N1CCCC(C[C@@H](C(=O)OC)[C@@H](C)NC(=O)c2ccc(-c3ccccc3)cc2)C1.COC(=O)[C@H](CC1CCCNC1)[C@@H](C)NC(=O)c1ccc(-c2cnc[nH]2)cc1. The van der Waals surface area contributed by atoms with Crippen molar-refractivity contribution in [1.82, 2.24) is 41.0 Å². The number of nitrogens with two attached hydrogens (primary N) is 3. The molecule has 0 radical (unpaired) electrons. The van der Waals surface area contributed by atoms with Gasteiger partial charge in [0.1, 0.15) is 0 Å². The van der Waals surface area contributed by atoms with Gasteiger partial charge in [-0.2, -0.15) is 0 Å². The van der Waals surface area contributed by atoms with E-state index in [-0.39, 0.29) is 71.5 Å². The molecule has 5 aromatic carbocycles. The normalized spacial score (nSPS) is 18.0. The van der Waals surface area contributed by atoms with Crippen LogP contribution in [0.15, 0.2) is 165 Å². The number of hydrogen-bond donors (Lipinski definition) is 8. The Hall–Kier alpha value is -9.27. The molecule has 11 N–H and O–H groups in total. The Morgan fingerprint density at radius 3 is 1.34 bits per heavy atom. The molecule has 0 bridgehead atoms. The van der Waals surface area contributed by atoms with Crippen molar-refractivity contribution >= 4 is 35.6 Å². The maximum Gasteiger partial charge on any atom is 0.310 e. The number of rotatable bonds is 24. The molecule has 3 saturated heterocycles. The van der Waals surface area contributed by atoms with Gasteiger partial charge in [0, 0.05) is 67.5 Å². The van der Waals surface area contributed by atoms with Crippen LogP contribution in [0.25, 0.3) is 33.5 Å². The molecule has 1 aromatic heterocycles. The van der Waals surface area contributed by atoms with Gasteiger partial charge in [-0.25, -0.2) is 4.98 Å². The fourth-order valence-corrected chi connectivity index (χ4v) is 12.7. The smallest absolute Gasteiger partial charge is 0.310 e. The van der Waals surface area contributed by atoms with Gasteiger partial charge in [-0.05, 0) is 185 Å². The summed E-state index contributed by atoms with van der Waals surface area (Å²) in [5.74, 6) is -0.626. The predicted molar refractivity (Wildman–Crippen MR) is 368 cm³/mol. The van der Waals surface area contributed by atoms with Crippen LogP contribution in [0.2, 0.25) is 0 Å². The zero-order valence-corrected chi connectivity index (χ0v) is 55.5. The maximum atomic E-state index is 12.9. The van der Waals surface area contributed by atoms with E-state index < -0.39 is 11.8 Å². The van der Waals surface area contributed by atoms with Crippen molar-refractivity contribution < 1.29 is 43.0 Å². The number of carbonyl (C=O) groups is 6. The van der Waals surface area contributed by atoms with E-state index in [1.807, 2.05) is 124 Å². The summed E-state index contributed by atoms with van der Waals surface area (Å²) in [5.41, 5.74) is 26.3. The summed E-state index contributed by atoms with van der Waals surface area (Å²) in [4.78, 5) is 87.0. The molecule has 6 aromatic rings. The van der Waals surface area contributed by atoms with Gasteiger partial charge in [0.15, 0.2) is 0 Å². The minimum absolute atomic E-state index is 0.195. The fourth-order valence-electron chi connectivity index (χ4n) is 12.7. The van der Waals surface area contributed by atoms with Gasteiger partial charge in [-0.1, -0.05) is 98.1 Å². The first-order chi connectivity index (χ1) is 45.3. The van der Waals surface area contributed by atoms with Crippen molar-refractivity contribution in [3.8, 4) is 33.5 Å². The van der Waals surface area contributed by atoms with E-state index >= 15 is 0 Å². The molecule has 9 rings (SSSR count). The topological polar surface area (TPSA) is 291 Å². The highest BCUT2D eigenvalue weighted by Crippen LogP contribution is 2.30. The number of likely N-dealkylation sites (tertiary alicyclic amines) is 2. The third-order valence-electron chi connectivity index (χ3n) is 18.3. The van der Waals surface area contributed by atoms with Crippen LogP contribution < -0.4 is 38.5 Å². The van der Waals surface area contributed by atoms with Crippen molar-refractivity contribution in [2.45, 2.75) is 103 Å². The molecule has 3 amide bonds. The van der Waals surface area contributed by atoms with Gasteiger partial charge in [0.25, 0.3) is 17.7 Å². The average molecular weight is 1280 g/mol. The van der Waals surface area contributed by atoms with E-state index in [1.54, 1.807) is 36.8 Å². The van der Waals surface area contributed by atoms with Crippen LogP contribution in [0.1, 0.15) is 115 Å². The Labute approximate surface area is 554 Å². The number of benzene rings is 5. The van der Waals surface area contributed by atoms with Crippen molar-refractivity contribution in [2.24, 2.45) is 52.7 Å². The second-order valence-electron chi connectivity index (χ2n) is 25.0. The van der Waals surface area contributed by atoms with Gasteiger partial charge in [0.2, 0.25) is 0 Å². The minimum atomic E-state index is -0.441. The van der Waals surface area contributed by atoms with Crippen LogP contribution >= 0.6 is 0 Å². The molecule has 20 heteroatoms. The van der Waals surface area contributed by atoms with E-state index in [1.165, 1.54) is 21.3 Å². The molecule has 4 heterocycles. The van der Waals surface area contributed by atoms with E-state index in [0.29, 0.717) is 60.1 Å². The Morgan fingerprint density at radius 1 is 0.543 bits per heavy atom. The molecule has 3 unspecified atom stereocenters. The lowest BCUT2D eigenvalue weighted by Gasteiger charge is -2.36. The third-order valence-corrected chi connectivity index (χ3v) is 18.3. The Morgan fingerprint density at radius 2 is 0.947 bits per heavy atom. The number of amides is 3. The quantitative estimate of drug-likeness (QED) is 0.0207. The number of hydrogen-bond acceptors (Lipinski definition) is 16. The number of imidazole rings is 1. The van der Waals surface area contributed by atoms with Crippen LogP contribution in [0.5, 0.6) is 0 Å². The molecule has 94 heavy (non-hydrogen) atoms. The molecule has 9 atom stereocenters. The van der Waals surface area contributed by atoms with Crippen molar-refractivity contribution in [3.63, 3.8) is 0 Å². The number of aromatic amines is 1. The molecule has 20 nitrogen and oxygen atoms in total. The van der Waals surface area contributed by atoms with E-state index in [9.17, 15) is 28.8 Å². The number of methoxy groups -OCH3 is 3. The Bertz CT molecular complexity index is 3410. The number of nitrogens with zero attached hydrogens (tertiary/aromatic N) is 3. The van der Waals surface area contributed by atoms with E-state index in [4.69, 9.17) is 31.4 Å². The van der Waals surface area contributed by atoms with Crippen LogP contribution in [0.3, 0.4) is 0 Å². The number of ether oxygens (including phenoxy) is 3. The zero-order valence-electron chi connectivity index (χ0n) is 55.5. The summed E-state index contributed by atoms with van der Waals surface area (Å²) in [6, 6.07) is 39.2. The molecular weight excluding hydrogens is 1190 g/mol. The molecule has 0 aliphatic carbocycles. The number of carbonyl (C=O) groups excluding carboxylic acids is 6. The first-order valence-electron chi connectivity index (χ1n) is 32.7. The van der Waals surface area contributed by atoms with Gasteiger partial charge in [0.05, 0.1) is 68.9 Å². The Balaban J connectivity index is 0.000000200. The monoisotopic (exact) mass is 1280 g/mol. The molecule has 502 valence electrons. The summed E-state index contributed by atoms with van der Waals surface area (Å²) in [6.07, 6.45) is 11.5. The molecule has 3 aliphatic heterocycles. The highest BCUT2D eigenvalue weighted by atomic mass is 16.5. The van der Waals surface area contributed by atoms with Gasteiger partial charge in [-0.15, -0.1) is 0 Å². The molecular formula is C74H97N11O9. The van der Waals surface area contributed by atoms with Gasteiger partial charge < -0.3 is 67.5 Å². The number of esters is 3. The molecule has 3 aliphatic rings. The molecule has 0 saturated carbocycles. The van der Waals surface area contributed by atoms with Crippen LogP contribution in [0.4, 0.5) is 0 Å². The van der Waals surface area contributed by atoms with Crippen molar-refractivity contribution in [3.05, 3.63) is 187 Å². The van der Waals surface area contributed by atoms with Gasteiger partial charge >= 0.3 is 17.9 Å². The second kappa shape index (κ2) is 36.3. The Kier molecular flexibility index (Phi) is 27.8. The number of nitrogens with one attached hydrogen (secondary N) is 5. The summed E-state index contributed by atoms with van der Waals surface area (Å²) in [5, 5.41) is 12.3. The third kappa shape index (κ3) is 21.1. The lowest BCUT2D eigenvalue weighted by atomic mass is 9.85. The largest absolute Gasteiger partial charge is 0.469 e. The highest BCUT2D eigenvalue weighted by Gasteiger charge is 2.35. The van der Waals surface area contributed by atoms with Crippen molar-refractivity contribution in [1.29, 1.82) is 0 Å². The second-order valence-corrected chi connectivity index (χ2v) is 25.0. The average Bonchev–Trinajstić information content (AvgIpc) is 1.25. The summed E-state index contributed by atoms with van der Waals surface area (Å²) in [7, 11) is 4.18. The maximum absolute atomic E-state index is 12.9. The zero-order chi connectivity index (χ0) is 67.7. The van der Waals surface area contributed by atoms with Crippen LogP contribution in [0, 0.1) is 35.5 Å². The number of aromatic nitrogens is 2. The summed E-state index contributed by atoms with van der Waals surface area (Å²) < 4.78 is 15.1. The first kappa shape index (κ1) is 72.2. The van der Waals surface area contributed by atoms with Gasteiger partial charge in [-0.3, -0.25) is 28.8 Å².